The lowest BCUT2D eigenvalue weighted by Crippen LogP contribution is -2.30. The lowest BCUT2D eigenvalue weighted by Gasteiger charge is -2.30. The van der Waals surface area contributed by atoms with Crippen molar-refractivity contribution in [1.82, 2.24) is 5.32 Å². The summed E-state index contributed by atoms with van der Waals surface area (Å²) in [5, 5.41) is 15.7. The van der Waals surface area contributed by atoms with E-state index < -0.39 is 0 Å². The molecule has 1 aliphatic rings. The normalized spacial score (nSPS) is 21.1. The van der Waals surface area contributed by atoms with Gasteiger partial charge >= 0.3 is 0 Å². The summed E-state index contributed by atoms with van der Waals surface area (Å²) in [6.07, 6.45) is 10.2. The fourth-order valence-corrected chi connectivity index (χ4v) is 3.05. The van der Waals surface area contributed by atoms with Gasteiger partial charge in [0.2, 0.25) is 0 Å². The van der Waals surface area contributed by atoms with Crippen LogP contribution in [0.3, 0.4) is 0 Å². The molecule has 28 heavy (non-hydrogen) atoms. The van der Waals surface area contributed by atoms with E-state index in [0.29, 0.717) is 17.4 Å². The van der Waals surface area contributed by atoms with Crippen molar-refractivity contribution in [2.45, 2.75) is 39.2 Å². The summed E-state index contributed by atoms with van der Waals surface area (Å²) in [6.45, 7) is 10.7. The summed E-state index contributed by atoms with van der Waals surface area (Å²) in [4.78, 5) is 0. The molecule has 5 nitrogen and oxygen atoms in total. The van der Waals surface area contributed by atoms with Gasteiger partial charge in [-0.1, -0.05) is 38.2 Å². The zero-order chi connectivity index (χ0) is 20.6. The third kappa shape index (κ3) is 6.34. The largest absolute Gasteiger partial charge is 0.367 e. The van der Waals surface area contributed by atoms with Crippen molar-refractivity contribution in [3.8, 4) is 0 Å². The number of anilines is 2. The van der Waals surface area contributed by atoms with Crippen molar-refractivity contribution in [1.29, 1.82) is 0 Å². The molecule has 2 rings (SSSR count). The summed E-state index contributed by atoms with van der Waals surface area (Å²) in [6, 6.07) is 7.13. The summed E-state index contributed by atoms with van der Waals surface area (Å²) in [7, 11) is 0. The van der Waals surface area contributed by atoms with E-state index in [9.17, 15) is 0 Å². The Kier molecular flexibility index (Phi) is 7.99. The lowest BCUT2D eigenvalue weighted by atomic mass is 9.96. The van der Waals surface area contributed by atoms with E-state index in [4.69, 9.17) is 22.2 Å². The van der Waals surface area contributed by atoms with Crippen LogP contribution in [0.4, 0.5) is 11.4 Å². The third-order valence-electron chi connectivity index (χ3n) is 4.55. The number of hydrogen-bond acceptors (Lipinski definition) is 4. The van der Waals surface area contributed by atoms with Gasteiger partial charge in [0.15, 0.2) is 5.11 Å². The molecule has 0 aromatic heterocycles. The van der Waals surface area contributed by atoms with Crippen LogP contribution in [0, 0.1) is 0 Å². The number of thiocarbonyl (C=S) groups is 1. The van der Waals surface area contributed by atoms with E-state index in [2.05, 4.69) is 48.7 Å². The Morgan fingerprint density at radius 3 is 2.54 bits per heavy atom. The molecule has 0 amide bonds. The smallest absolute Gasteiger partial charge is 0.175 e. The van der Waals surface area contributed by atoms with Crippen LogP contribution in [-0.4, -0.2) is 22.5 Å². The van der Waals surface area contributed by atoms with E-state index in [-0.39, 0.29) is 5.60 Å². The molecule has 1 aromatic rings. The Balaban J connectivity index is 2.10. The van der Waals surface area contributed by atoms with Crippen LogP contribution in [0.5, 0.6) is 0 Å². The highest BCUT2D eigenvalue weighted by Crippen LogP contribution is 2.26. The number of allylic oxidation sites excluding steroid dienone is 3. The Hall–Kier alpha value is -2.41. The van der Waals surface area contributed by atoms with E-state index in [0.717, 1.165) is 35.4 Å². The highest BCUT2D eigenvalue weighted by molar-refractivity contribution is 7.80. The van der Waals surface area contributed by atoms with Crippen molar-refractivity contribution < 1.29 is 9.94 Å². The maximum absolute atomic E-state index is 8.89. The predicted octanol–water partition coefficient (Wildman–Crippen LogP) is 5.31. The van der Waals surface area contributed by atoms with Gasteiger partial charge in [-0.3, -0.25) is 10.7 Å². The molecule has 0 spiro atoms. The highest BCUT2D eigenvalue weighted by atomic mass is 32.1. The summed E-state index contributed by atoms with van der Waals surface area (Å²) in [5.74, 6) is 0. The molecule has 1 atom stereocenters. The summed E-state index contributed by atoms with van der Waals surface area (Å²) < 4.78 is 6.05. The first kappa shape index (κ1) is 21.9. The first-order valence-electron chi connectivity index (χ1n) is 9.34. The first-order valence-corrected chi connectivity index (χ1v) is 9.75. The van der Waals surface area contributed by atoms with Crippen LogP contribution in [0.25, 0.3) is 0 Å². The Bertz CT molecular complexity index is 797. The van der Waals surface area contributed by atoms with Crippen molar-refractivity contribution >= 4 is 28.7 Å². The number of rotatable bonds is 7. The van der Waals surface area contributed by atoms with E-state index in [1.807, 2.05) is 25.1 Å². The van der Waals surface area contributed by atoms with Crippen LogP contribution in [0.2, 0.25) is 0 Å². The van der Waals surface area contributed by atoms with Crippen molar-refractivity contribution in [2.75, 3.05) is 17.4 Å². The molecule has 4 N–H and O–H groups in total. The Morgan fingerprint density at radius 1 is 1.32 bits per heavy atom. The predicted molar refractivity (Wildman–Crippen MR) is 121 cm³/mol. The second kappa shape index (κ2) is 10.2. The van der Waals surface area contributed by atoms with Crippen LogP contribution in [0.15, 0.2) is 72.0 Å². The molecule has 0 bridgehead atoms. The van der Waals surface area contributed by atoms with Crippen LogP contribution in [-0.2, 0) is 4.74 Å². The van der Waals surface area contributed by atoms with Crippen molar-refractivity contribution in [2.24, 2.45) is 0 Å². The highest BCUT2D eigenvalue weighted by Gasteiger charge is 2.24. The van der Waals surface area contributed by atoms with Gasteiger partial charge in [0.1, 0.15) is 0 Å². The maximum Gasteiger partial charge on any atom is 0.175 e. The monoisotopic (exact) mass is 399 g/mol. The SMILES string of the molecule is C=C/C(C)=C(\C=C1\C=CC(C)(CCC)OC1)NC(=S)Nc1ccc(NO)cc1. The van der Waals surface area contributed by atoms with E-state index >= 15 is 0 Å². The quantitative estimate of drug-likeness (QED) is 0.283. The van der Waals surface area contributed by atoms with Crippen LogP contribution in [0.1, 0.15) is 33.6 Å². The molecule has 1 aromatic carbocycles. The molecule has 0 saturated carbocycles. The Morgan fingerprint density at radius 2 is 2.00 bits per heavy atom. The molecule has 0 saturated heterocycles. The second-order valence-electron chi connectivity index (χ2n) is 6.97. The number of ether oxygens (including phenoxy) is 1. The molecule has 1 heterocycles. The molecule has 6 heteroatoms. The summed E-state index contributed by atoms with van der Waals surface area (Å²) >= 11 is 5.45. The molecule has 150 valence electrons. The van der Waals surface area contributed by atoms with E-state index in [1.165, 1.54) is 0 Å². The van der Waals surface area contributed by atoms with E-state index in [1.54, 1.807) is 18.2 Å². The van der Waals surface area contributed by atoms with Gasteiger partial charge in [0.05, 0.1) is 17.9 Å². The zero-order valence-electron chi connectivity index (χ0n) is 16.7. The van der Waals surface area contributed by atoms with Gasteiger partial charge in [-0.25, -0.2) is 0 Å². The topological polar surface area (TPSA) is 65.5 Å². The van der Waals surface area contributed by atoms with Crippen molar-refractivity contribution in [3.05, 3.63) is 72.0 Å². The Labute approximate surface area is 172 Å². The van der Waals surface area contributed by atoms with Crippen LogP contribution < -0.4 is 16.1 Å². The van der Waals surface area contributed by atoms with Gasteiger partial charge in [-0.2, -0.15) is 0 Å². The average Bonchev–Trinajstić information content (AvgIpc) is 2.69. The lowest BCUT2D eigenvalue weighted by molar-refractivity contribution is 0.00805. The number of nitrogens with one attached hydrogen (secondary N) is 3. The molecule has 1 unspecified atom stereocenters. The number of hydrogen-bond donors (Lipinski definition) is 4. The molecule has 0 fully saturated rings. The maximum atomic E-state index is 8.89. The summed E-state index contributed by atoms with van der Waals surface area (Å²) in [5.41, 5.74) is 6.24. The minimum Gasteiger partial charge on any atom is -0.367 e. The van der Waals surface area contributed by atoms with Gasteiger partial charge < -0.3 is 15.4 Å². The fraction of sp³-hybridized carbons (Fsp3) is 0.318. The van der Waals surface area contributed by atoms with Gasteiger partial charge in [0.25, 0.3) is 0 Å². The standard InChI is InChI=1S/C22H29N3O2S/c1-5-12-22(4)13-11-17(15-27-22)14-20(16(3)6-2)24-21(28)23-18-7-9-19(25-26)10-8-18/h6-11,13-14,25-26H,2,5,12,15H2,1,3-4H3,(H2,23,24,28)/b17-14-,20-16+. The molecule has 0 radical (unpaired) electrons. The van der Waals surface area contributed by atoms with Gasteiger partial charge in [0, 0.05) is 11.4 Å². The molecule has 0 aliphatic carbocycles. The average molecular weight is 400 g/mol. The van der Waals surface area contributed by atoms with Gasteiger partial charge in [-0.15, -0.1) is 0 Å². The molecule has 1 aliphatic heterocycles. The fourth-order valence-electron chi connectivity index (χ4n) is 2.83. The second-order valence-corrected chi connectivity index (χ2v) is 7.38. The van der Waals surface area contributed by atoms with Crippen LogP contribution >= 0.6 is 12.2 Å². The number of benzene rings is 1. The van der Waals surface area contributed by atoms with Crippen molar-refractivity contribution in [3.63, 3.8) is 0 Å². The molecular formula is C22H29N3O2S. The van der Waals surface area contributed by atoms with Gasteiger partial charge in [-0.05, 0) is 74.0 Å². The zero-order valence-corrected chi connectivity index (χ0v) is 17.5. The molecular weight excluding hydrogens is 370 g/mol. The minimum absolute atomic E-state index is 0.191. The third-order valence-corrected chi connectivity index (χ3v) is 4.75. The first-order chi connectivity index (χ1) is 13.4. The minimum atomic E-state index is -0.191.